The molecule has 0 aromatic heterocycles. The molecule has 6 heteroatoms. The van der Waals surface area contributed by atoms with Gasteiger partial charge in [0, 0.05) is 30.8 Å². The van der Waals surface area contributed by atoms with E-state index in [4.69, 9.17) is 4.74 Å². The SMILES string of the molecule is OC[C@@H]1C[C@H](O)CN1Cc1cccc(OCc2ccc(F)cc2F)c1. The molecule has 2 N–H and O–H groups in total. The third-order valence-corrected chi connectivity index (χ3v) is 4.41. The van der Waals surface area contributed by atoms with E-state index in [1.807, 2.05) is 23.1 Å². The van der Waals surface area contributed by atoms with E-state index in [1.54, 1.807) is 6.07 Å². The van der Waals surface area contributed by atoms with Gasteiger partial charge in [0.1, 0.15) is 24.0 Å². The van der Waals surface area contributed by atoms with Crippen molar-refractivity contribution in [3.8, 4) is 5.75 Å². The quantitative estimate of drug-likeness (QED) is 0.841. The van der Waals surface area contributed by atoms with Crippen LogP contribution in [0.2, 0.25) is 0 Å². The molecule has 0 spiro atoms. The van der Waals surface area contributed by atoms with Crippen molar-refractivity contribution in [3.63, 3.8) is 0 Å². The maximum Gasteiger partial charge on any atom is 0.132 e. The molecule has 1 aliphatic rings. The summed E-state index contributed by atoms with van der Waals surface area (Å²) in [6.07, 6.45) is 0.148. The highest BCUT2D eigenvalue weighted by Gasteiger charge is 2.30. The summed E-state index contributed by atoms with van der Waals surface area (Å²) in [4.78, 5) is 2.03. The number of rotatable bonds is 6. The van der Waals surface area contributed by atoms with Crippen molar-refractivity contribution in [3.05, 3.63) is 65.2 Å². The lowest BCUT2D eigenvalue weighted by atomic mass is 10.1. The fourth-order valence-electron chi connectivity index (χ4n) is 3.11. The number of halogens is 2. The summed E-state index contributed by atoms with van der Waals surface area (Å²) in [7, 11) is 0. The van der Waals surface area contributed by atoms with Gasteiger partial charge in [-0.3, -0.25) is 4.90 Å². The van der Waals surface area contributed by atoms with E-state index in [0.717, 1.165) is 11.6 Å². The molecule has 1 saturated heterocycles. The van der Waals surface area contributed by atoms with Crippen molar-refractivity contribution in [1.82, 2.24) is 4.90 Å². The molecule has 2 atom stereocenters. The molecule has 25 heavy (non-hydrogen) atoms. The molecular weight excluding hydrogens is 328 g/mol. The van der Waals surface area contributed by atoms with Crippen LogP contribution in [0.5, 0.6) is 5.75 Å². The Balaban J connectivity index is 1.63. The molecule has 0 amide bonds. The number of likely N-dealkylation sites (tertiary alicyclic amines) is 1. The van der Waals surface area contributed by atoms with Crippen LogP contribution in [-0.4, -0.2) is 40.4 Å². The monoisotopic (exact) mass is 349 g/mol. The van der Waals surface area contributed by atoms with Crippen LogP contribution in [-0.2, 0) is 13.2 Å². The smallest absolute Gasteiger partial charge is 0.132 e. The summed E-state index contributed by atoms with van der Waals surface area (Å²) < 4.78 is 32.2. The number of hydrogen-bond donors (Lipinski definition) is 2. The lowest BCUT2D eigenvalue weighted by Crippen LogP contribution is -2.31. The largest absolute Gasteiger partial charge is 0.489 e. The van der Waals surface area contributed by atoms with Crippen LogP contribution >= 0.6 is 0 Å². The first-order valence-corrected chi connectivity index (χ1v) is 8.24. The van der Waals surface area contributed by atoms with E-state index in [0.29, 0.717) is 25.3 Å². The Hall–Kier alpha value is -2.02. The summed E-state index contributed by atoms with van der Waals surface area (Å²) in [5.41, 5.74) is 1.26. The maximum absolute atomic E-state index is 13.6. The van der Waals surface area contributed by atoms with Crippen molar-refractivity contribution in [2.24, 2.45) is 0 Å². The molecular formula is C19H21F2NO3. The normalized spacial score (nSPS) is 20.8. The number of benzene rings is 2. The second-order valence-electron chi connectivity index (χ2n) is 6.33. The summed E-state index contributed by atoms with van der Waals surface area (Å²) in [6, 6.07) is 10.7. The van der Waals surface area contributed by atoms with Crippen LogP contribution < -0.4 is 4.74 Å². The fraction of sp³-hybridized carbons (Fsp3) is 0.368. The summed E-state index contributed by atoms with van der Waals surface area (Å²) in [5, 5.41) is 19.2. The van der Waals surface area contributed by atoms with E-state index in [1.165, 1.54) is 12.1 Å². The molecule has 0 aliphatic carbocycles. The molecule has 0 unspecified atom stereocenters. The summed E-state index contributed by atoms with van der Waals surface area (Å²) >= 11 is 0. The fourth-order valence-corrected chi connectivity index (χ4v) is 3.11. The van der Waals surface area contributed by atoms with Gasteiger partial charge in [-0.15, -0.1) is 0 Å². The van der Waals surface area contributed by atoms with Crippen molar-refractivity contribution in [2.45, 2.75) is 31.7 Å². The molecule has 1 fully saturated rings. The van der Waals surface area contributed by atoms with Gasteiger partial charge < -0.3 is 14.9 Å². The first-order chi connectivity index (χ1) is 12.0. The predicted molar refractivity (Wildman–Crippen MR) is 89.0 cm³/mol. The Labute approximate surface area is 145 Å². The van der Waals surface area contributed by atoms with Crippen LogP contribution in [0.3, 0.4) is 0 Å². The van der Waals surface area contributed by atoms with E-state index in [9.17, 15) is 19.0 Å². The van der Waals surface area contributed by atoms with Gasteiger partial charge in [-0.2, -0.15) is 0 Å². The third kappa shape index (κ3) is 4.54. The van der Waals surface area contributed by atoms with Crippen LogP contribution in [0.25, 0.3) is 0 Å². The van der Waals surface area contributed by atoms with Gasteiger partial charge >= 0.3 is 0 Å². The third-order valence-electron chi connectivity index (χ3n) is 4.41. The molecule has 0 radical (unpaired) electrons. The van der Waals surface area contributed by atoms with Crippen LogP contribution in [0.15, 0.2) is 42.5 Å². The molecule has 1 aliphatic heterocycles. The topological polar surface area (TPSA) is 52.9 Å². The first kappa shape index (κ1) is 17.8. The maximum atomic E-state index is 13.6. The molecule has 2 aromatic rings. The van der Waals surface area contributed by atoms with Crippen molar-refractivity contribution >= 4 is 0 Å². The zero-order valence-electron chi connectivity index (χ0n) is 13.7. The molecule has 4 nitrogen and oxygen atoms in total. The number of nitrogens with zero attached hydrogens (tertiary/aromatic N) is 1. The van der Waals surface area contributed by atoms with Crippen LogP contribution in [0, 0.1) is 11.6 Å². The molecule has 0 bridgehead atoms. The van der Waals surface area contributed by atoms with Crippen molar-refractivity contribution < 1.29 is 23.7 Å². The molecule has 1 heterocycles. The van der Waals surface area contributed by atoms with Gasteiger partial charge in [0.05, 0.1) is 12.7 Å². The average molecular weight is 349 g/mol. The molecule has 0 saturated carbocycles. The lowest BCUT2D eigenvalue weighted by molar-refractivity contribution is 0.150. The van der Waals surface area contributed by atoms with Gasteiger partial charge in [-0.05, 0) is 36.2 Å². The lowest BCUT2D eigenvalue weighted by Gasteiger charge is -2.22. The van der Waals surface area contributed by atoms with Crippen LogP contribution in [0.1, 0.15) is 17.5 Å². The number of hydrogen-bond acceptors (Lipinski definition) is 4. The minimum atomic E-state index is -0.631. The first-order valence-electron chi connectivity index (χ1n) is 8.24. The minimum Gasteiger partial charge on any atom is -0.489 e. The van der Waals surface area contributed by atoms with E-state index in [-0.39, 0.29) is 24.8 Å². The average Bonchev–Trinajstić information content (AvgIpc) is 2.94. The predicted octanol–water partition coefficient (Wildman–Crippen LogP) is 2.47. The standard InChI is InChI=1S/C19H21F2NO3/c20-15-5-4-14(19(21)7-15)12-25-18-3-1-2-13(6-18)9-22-10-17(24)8-16(22)11-23/h1-7,16-17,23-24H,8-12H2/t16-,17-/m0/s1. The Morgan fingerprint density at radius 3 is 2.76 bits per heavy atom. The Morgan fingerprint density at radius 1 is 1.16 bits per heavy atom. The van der Waals surface area contributed by atoms with Gasteiger partial charge in [0.15, 0.2) is 0 Å². The summed E-state index contributed by atoms with van der Waals surface area (Å²) in [5.74, 6) is -0.663. The molecule has 3 rings (SSSR count). The Morgan fingerprint density at radius 2 is 2.00 bits per heavy atom. The highest BCUT2D eigenvalue weighted by Crippen LogP contribution is 2.23. The second kappa shape index (κ2) is 7.91. The summed E-state index contributed by atoms with van der Waals surface area (Å²) in [6.45, 7) is 1.13. The Kier molecular flexibility index (Phi) is 5.63. The van der Waals surface area contributed by atoms with Gasteiger partial charge in [0.25, 0.3) is 0 Å². The second-order valence-corrected chi connectivity index (χ2v) is 6.33. The van der Waals surface area contributed by atoms with Crippen molar-refractivity contribution in [2.75, 3.05) is 13.2 Å². The van der Waals surface area contributed by atoms with E-state index >= 15 is 0 Å². The Bertz CT molecular complexity index is 726. The highest BCUT2D eigenvalue weighted by molar-refractivity contribution is 5.29. The number of aliphatic hydroxyl groups is 2. The number of ether oxygens (including phenoxy) is 1. The van der Waals surface area contributed by atoms with Crippen molar-refractivity contribution in [1.29, 1.82) is 0 Å². The van der Waals surface area contributed by atoms with Gasteiger partial charge in [-0.1, -0.05) is 12.1 Å². The molecule has 2 aromatic carbocycles. The zero-order valence-corrected chi connectivity index (χ0v) is 13.7. The minimum absolute atomic E-state index is 0.0110. The zero-order chi connectivity index (χ0) is 17.8. The van der Waals surface area contributed by atoms with Crippen LogP contribution in [0.4, 0.5) is 8.78 Å². The number of β-amino-alcohol motifs (C(OH)–C–C–N with tert-alkyl or cyclic N) is 1. The van der Waals surface area contributed by atoms with Gasteiger partial charge in [0.2, 0.25) is 0 Å². The van der Waals surface area contributed by atoms with E-state index < -0.39 is 17.7 Å². The highest BCUT2D eigenvalue weighted by atomic mass is 19.1. The molecule has 134 valence electrons. The van der Waals surface area contributed by atoms with Gasteiger partial charge in [-0.25, -0.2) is 8.78 Å². The van der Waals surface area contributed by atoms with E-state index in [2.05, 4.69) is 0 Å². The number of aliphatic hydroxyl groups excluding tert-OH is 2.